The van der Waals surface area contributed by atoms with E-state index >= 15 is 0 Å². The topological polar surface area (TPSA) is 50.7 Å². The lowest BCUT2D eigenvalue weighted by Gasteiger charge is -2.00. The van der Waals surface area contributed by atoms with Crippen molar-refractivity contribution in [1.82, 2.24) is 14.8 Å². The van der Waals surface area contributed by atoms with Crippen LogP contribution in [0.2, 0.25) is 0 Å². The fourth-order valence-electron chi connectivity index (χ4n) is 1.85. The second-order valence-electron chi connectivity index (χ2n) is 3.93. The SMILES string of the molecule is O=c1[nH]n(-c2ccccc2)cc1-c1ccncc1. The lowest BCUT2D eigenvalue weighted by atomic mass is 10.1. The van der Waals surface area contributed by atoms with E-state index in [1.165, 1.54) is 0 Å². The van der Waals surface area contributed by atoms with E-state index in [-0.39, 0.29) is 5.56 Å². The molecule has 4 heteroatoms. The van der Waals surface area contributed by atoms with Crippen LogP contribution in [0, 0.1) is 0 Å². The van der Waals surface area contributed by atoms with Gasteiger partial charge in [-0.3, -0.25) is 19.6 Å². The van der Waals surface area contributed by atoms with Gasteiger partial charge in [0.05, 0.1) is 11.3 Å². The molecule has 0 fully saturated rings. The second kappa shape index (κ2) is 4.33. The van der Waals surface area contributed by atoms with Crippen molar-refractivity contribution in [2.45, 2.75) is 0 Å². The largest absolute Gasteiger partial charge is 0.272 e. The second-order valence-corrected chi connectivity index (χ2v) is 3.93. The highest BCUT2D eigenvalue weighted by molar-refractivity contribution is 5.61. The molecule has 0 atom stereocenters. The Hall–Kier alpha value is -2.62. The van der Waals surface area contributed by atoms with Crippen LogP contribution in [-0.4, -0.2) is 14.8 Å². The average Bonchev–Trinajstić information content (AvgIpc) is 2.83. The van der Waals surface area contributed by atoms with E-state index in [4.69, 9.17) is 0 Å². The molecule has 2 aromatic heterocycles. The number of aromatic amines is 1. The third-order valence-corrected chi connectivity index (χ3v) is 2.75. The number of pyridine rings is 1. The highest BCUT2D eigenvalue weighted by Gasteiger charge is 2.07. The first kappa shape index (κ1) is 10.5. The van der Waals surface area contributed by atoms with Crippen LogP contribution in [0.4, 0.5) is 0 Å². The molecule has 1 N–H and O–H groups in total. The molecule has 3 aromatic rings. The predicted molar refractivity (Wildman–Crippen MR) is 69.6 cm³/mol. The summed E-state index contributed by atoms with van der Waals surface area (Å²) < 4.78 is 1.72. The maximum Gasteiger partial charge on any atom is 0.272 e. The molecule has 4 nitrogen and oxygen atoms in total. The van der Waals surface area contributed by atoms with E-state index in [1.807, 2.05) is 42.5 Å². The van der Waals surface area contributed by atoms with Gasteiger partial charge in [0.2, 0.25) is 0 Å². The van der Waals surface area contributed by atoms with Crippen LogP contribution in [0.5, 0.6) is 0 Å². The van der Waals surface area contributed by atoms with Crippen LogP contribution in [0.1, 0.15) is 0 Å². The van der Waals surface area contributed by atoms with Crippen LogP contribution in [0.25, 0.3) is 16.8 Å². The zero-order valence-electron chi connectivity index (χ0n) is 9.58. The molecule has 0 amide bonds. The van der Waals surface area contributed by atoms with E-state index in [0.29, 0.717) is 5.56 Å². The summed E-state index contributed by atoms with van der Waals surface area (Å²) in [7, 11) is 0. The van der Waals surface area contributed by atoms with Crippen molar-refractivity contribution in [3.63, 3.8) is 0 Å². The molecule has 1 aromatic carbocycles. The van der Waals surface area contributed by atoms with Gasteiger partial charge >= 0.3 is 0 Å². The number of hydrogen-bond acceptors (Lipinski definition) is 2. The third kappa shape index (κ3) is 1.84. The number of para-hydroxylation sites is 1. The maximum atomic E-state index is 11.9. The summed E-state index contributed by atoms with van der Waals surface area (Å²) in [6.45, 7) is 0. The molecule has 0 unspecified atom stereocenters. The lowest BCUT2D eigenvalue weighted by Crippen LogP contribution is -2.05. The maximum absolute atomic E-state index is 11.9. The Morgan fingerprint density at radius 1 is 1.00 bits per heavy atom. The number of benzene rings is 1. The van der Waals surface area contributed by atoms with Gasteiger partial charge in [-0.2, -0.15) is 0 Å². The number of nitrogens with one attached hydrogen (secondary N) is 1. The van der Waals surface area contributed by atoms with Gasteiger partial charge in [0.1, 0.15) is 0 Å². The zero-order chi connectivity index (χ0) is 12.4. The fraction of sp³-hybridized carbons (Fsp3) is 0. The quantitative estimate of drug-likeness (QED) is 0.743. The van der Waals surface area contributed by atoms with Gasteiger partial charge in [0, 0.05) is 18.6 Å². The number of H-pyrrole nitrogens is 1. The zero-order valence-corrected chi connectivity index (χ0v) is 9.58. The molecule has 0 radical (unpaired) electrons. The molecular weight excluding hydrogens is 226 g/mol. The van der Waals surface area contributed by atoms with Gasteiger partial charge in [0.15, 0.2) is 0 Å². The van der Waals surface area contributed by atoms with Gasteiger partial charge < -0.3 is 0 Å². The van der Waals surface area contributed by atoms with Crippen molar-refractivity contribution in [3.05, 3.63) is 71.4 Å². The smallest absolute Gasteiger partial charge is 0.267 e. The van der Waals surface area contributed by atoms with Crippen molar-refractivity contribution in [1.29, 1.82) is 0 Å². The van der Waals surface area contributed by atoms with E-state index in [1.54, 1.807) is 23.3 Å². The molecule has 88 valence electrons. The summed E-state index contributed by atoms with van der Waals surface area (Å²) in [6, 6.07) is 13.3. The first-order chi connectivity index (χ1) is 8.84. The highest BCUT2D eigenvalue weighted by atomic mass is 16.1. The van der Waals surface area contributed by atoms with Gasteiger partial charge in [0.25, 0.3) is 5.56 Å². The van der Waals surface area contributed by atoms with Gasteiger partial charge in [-0.1, -0.05) is 18.2 Å². The summed E-state index contributed by atoms with van der Waals surface area (Å²) in [6.07, 6.45) is 5.15. The van der Waals surface area contributed by atoms with Crippen LogP contribution in [-0.2, 0) is 0 Å². The summed E-state index contributed by atoms with van der Waals surface area (Å²) in [5.74, 6) is 0. The Labute approximate surface area is 104 Å². The first-order valence-corrected chi connectivity index (χ1v) is 5.62. The molecule has 18 heavy (non-hydrogen) atoms. The van der Waals surface area contributed by atoms with Crippen LogP contribution < -0.4 is 5.56 Å². The normalized spacial score (nSPS) is 10.4. The van der Waals surface area contributed by atoms with Crippen LogP contribution in [0.3, 0.4) is 0 Å². The van der Waals surface area contributed by atoms with Gasteiger partial charge in [-0.15, -0.1) is 0 Å². The van der Waals surface area contributed by atoms with Gasteiger partial charge in [-0.05, 0) is 29.8 Å². The van der Waals surface area contributed by atoms with E-state index in [2.05, 4.69) is 10.1 Å². The molecule has 0 spiro atoms. The molecule has 0 bridgehead atoms. The minimum Gasteiger partial charge on any atom is -0.267 e. The third-order valence-electron chi connectivity index (χ3n) is 2.75. The van der Waals surface area contributed by atoms with Gasteiger partial charge in [-0.25, -0.2) is 0 Å². The lowest BCUT2D eigenvalue weighted by molar-refractivity contribution is 0.864. The highest BCUT2D eigenvalue weighted by Crippen LogP contribution is 2.15. The Bertz CT molecular complexity index is 699. The van der Waals surface area contributed by atoms with E-state index in [9.17, 15) is 4.79 Å². The molecule has 0 saturated carbocycles. The Balaban J connectivity index is 2.10. The van der Waals surface area contributed by atoms with Crippen molar-refractivity contribution >= 4 is 0 Å². The Morgan fingerprint density at radius 3 is 2.44 bits per heavy atom. The van der Waals surface area contributed by atoms with Crippen molar-refractivity contribution in [3.8, 4) is 16.8 Å². The number of aromatic nitrogens is 3. The van der Waals surface area contributed by atoms with Crippen molar-refractivity contribution in [2.75, 3.05) is 0 Å². The average molecular weight is 237 g/mol. The molecule has 0 aliphatic carbocycles. The first-order valence-electron chi connectivity index (χ1n) is 5.62. The number of nitrogens with zero attached hydrogens (tertiary/aromatic N) is 2. The summed E-state index contributed by atoms with van der Waals surface area (Å²) in [5.41, 5.74) is 2.32. The number of rotatable bonds is 2. The number of hydrogen-bond donors (Lipinski definition) is 1. The summed E-state index contributed by atoms with van der Waals surface area (Å²) in [5, 5.41) is 2.80. The molecule has 0 aliphatic heterocycles. The summed E-state index contributed by atoms with van der Waals surface area (Å²) >= 11 is 0. The Morgan fingerprint density at radius 2 is 1.72 bits per heavy atom. The van der Waals surface area contributed by atoms with E-state index < -0.39 is 0 Å². The minimum atomic E-state index is -0.106. The molecular formula is C14H11N3O. The molecule has 0 saturated heterocycles. The summed E-state index contributed by atoms with van der Waals surface area (Å²) in [4.78, 5) is 15.9. The standard InChI is InChI=1S/C14H11N3O/c18-14-13(11-6-8-15-9-7-11)10-17(16-14)12-4-2-1-3-5-12/h1-10H,(H,16,18). The predicted octanol–water partition coefficient (Wildman–Crippen LogP) is 2.23. The van der Waals surface area contributed by atoms with E-state index in [0.717, 1.165) is 11.3 Å². The van der Waals surface area contributed by atoms with Crippen LogP contribution >= 0.6 is 0 Å². The van der Waals surface area contributed by atoms with Crippen molar-refractivity contribution < 1.29 is 0 Å². The van der Waals surface area contributed by atoms with Crippen molar-refractivity contribution in [2.24, 2.45) is 0 Å². The fourth-order valence-corrected chi connectivity index (χ4v) is 1.85. The van der Waals surface area contributed by atoms with Crippen LogP contribution in [0.15, 0.2) is 65.8 Å². The minimum absolute atomic E-state index is 0.106. The monoisotopic (exact) mass is 237 g/mol. The molecule has 0 aliphatic rings. The Kier molecular flexibility index (Phi) is 2.53. The molecule has 2 heterocycles. The molecule has 3 rings (SSSR count).